The number of benzene rings is 1. The average molecular weight is 299 g/mol. The smallest absolute Gasteiger partial charge is 0.150 e. The van der Waals surface area contributed by atoms with Crippen LogP contribution in [0, 0.1) is 5.92 Å². The van der Waals surface area contributed by atoms with Crippen LogP contribution >= 0.6 is 0 Å². The number of aromatic amines is 1. The maximum Gasteiger partial charge on any atom is 0.150 e. The average Bonchev–Trinajstić information content (AvgIpc) is 3.17. The van der Waals surface area contributed by atoms with E-state index < -0.39 is 0 Å². The van der Waals surface area contributed by atoms with E-state index in [1.165, 1.54) is 12.1 Å². The van der Waals surface area contributed by atoms with Gasteiger partial charge in [-0.15, -0.1) is 0 Å². The molecule has 118 valence electrons. The second-order valence-corrected chi connectivity index (χ2v) is 6.18. The van der Waals surface area contributed by atoms with Gasteiger partial charge in [0.2, 0.25) is 0 Å². The lowest BCUT2D eigenvalue weighted by atomic mass is 10.1. The lowest BCUT2D eigenvalue weighted by Gasteiger charge is -2.21. The van der Waals surface area contributed by atoms with E-state index in [1.54, 1.807) is 0 Å². The van der Waals surface area contributed by atoms with Gasteiger partial charge >= 0.3 is 0 Å². The fourth-order valence-electron chi connectivity index (χ4n) is 3.18. The van der Waals surface area contributed by atoms with Crippen molar-refractivity contribution in [3.8, 4) is 0 Å². The Labute approximate surface area is 132 Å². The van der Waals surface area contributed by atoms with Crippen LogP contribution in [0.1, 0.15) is 25.0 Å². The number of nitrogens with zero attached hydrogens (tertiary/aromatic N) is 4. The maximum atomic E-state index is 4.49. The summed E-state index contributed by atoms with van der Waals surface area (Å²) >= 11 is 0. The van der Waals surface area contributed by atoms with Crippen molar-refractivity contribution in [1.82, 2.24) is 20.1 Å². The summed E-state index contributed by atoms with van der Waals surface area (Å²) in [7, 11) is 2.17. The first-order chi connectivity index (χ1) is 10.7. The Balaban J connectivity index is 1.49. The van der Waals surface area contributed by atoms with Crippen molar-refractivity contribution in [2.45, 2.75) is 26.3 Å². The van der Waals surface area contributed by atoms with Crippen molar-refractivity contribution >= 4 is 5.69 Å². The first-order valence-electron chi connectivity index (χ1n) is 8.13. The molecule has 0 spiro atoms. The Morgan fingerprint density at radius 3 is 2.86 bits per heavy atom. The van der Waals surface area contributed by atoms with Crippen molar-refractivity contribution in [2.75, 3.05) is 31.6 Å². The monoisotopic (exact) mass is 299 g/mol. The van der Waals surface area contributed by atoms with Crippen LogP contribution in [0.5, 0.6) is 0 Å². The highest BCUT2D eigenvalue weighted by Crippen LogP contribution is 2.24. The molecule has 22 heavy (non-hydrogen) atoms. The molecule has 5 nitrogen and oxygen atoms in total. The van der Waals surface area contributed by atoms with Gasteiger partial charge in [-0.25, -0.2) is 4.98 Å². The van der Waals surface area contributed by atoms with Gasteiger partial charge in [-0.2, -0.15) is 5.10 Å². The van der Waals surface area contributed by atoms with E-state index in [0.29, 0.717) is 0 Å². The van der Waals surface area contributed by atoms with Crippen molar-refractivity contribution in [3.63, 3.8) is 0 Å². The van der Waals surface area contributed by atoms with Gasteiger partial charge < -0.3 is 4.90 Å². The van der Waals surface area contributed by atoms with Crippen molar-refractivity contribution in [3.05, 3.63) is 42.0 Å². The molecule has 0 aliphatic carbocycles. The summed E-state index contributed by atoms with van der Waals surface area (Å²) in [4.78, 5) is 9.32. The molecule has 0 radical (unpaired) electrons. The number of anilines is 1. The van der Waals surface area contributed by atoms with Crippen molar-refractivity contribution < 1.29 is 0 Å². The second kappa shape index (κ2) is 6.92. The first-order valence-corrected chi connectivity index (χ1v) is 8.13. The molecule has 1 aliphatic rings. The zero-order valence-electron chi connectivity index (χ0n) is 13.5. The predicted molar refractivity (Wildman–Crippen MR) is 88.9 cm³/mol. The molecule has 0 amide bonds. The molecule has 1 N–H and O–H groups in total. The standard InChI is InChI=1S/C17H25N5/c1-3-16-18-17(20-19-16)13-21(2)11-14-9-10-22(12-14)15-7-5-4-6-8-15/h4-8,14H,3,9-13H2,1-2H3,(H,18,19,20). The van der Waals surface area contributed by atoms with E-state index in [9.17, 15) is 0 Å². The number of rotatable bonds is 6. The number of para-hydroxylation sites is 1. The van der Waals surface area contributed by atoms with Crippen LogP contribution in [0.3, 0.4) is 0 Å². The Kier molecular flexibility index (Phi) is 4.73. The number of hydrogen-bond acceptors (Lipinski definition) is 4. The summed E-state index contributed by atoms with van der Waals surface area (Å²) in [6.07, 6.45) is 2.14. The van der Waals surface area contributed by atoms with Crippen LogP contribution in [0.4, 0.5) is 5.69 Å². The van der Waals surface area contributed by atoms with Crippen LogP contribution in [0.15, 0.2) is 30.3 Å². The van der Waals surface area contributed by atoms with E-state index in [2.05, 4.69) is 69.3 Å². The normalized spacial score (nSPS) is 18.3. The number of aryl methyl sites for hydroxylation is 1. The zero-order chi connectivity index (χ0) is 15.4. The Morgan fingerprint density at radius 1 is 1.32 bits per heavy atom. The van der Waals surface area contributed by atoms with Crippen LogP contribution < -0.4 is 4.90 Å². The van der Waals surface area contributed by atoms with Gasteiger partial charge in [0.15, 0.2) is 0 Å². The van der Waals surface area contributed by atoms with Gasteiger partial charge in [0.05, 0.1) is 6.54 Å². The molecule has 1 aromatic heterocycles. The van der Waals surface area contributed by atoms with Crippen molar-refractivity contribution in [1.29, 1.82) is 0 Å². The minimum absolute atomic E-state index is 0.721. The van der Waals surface area contributed by atoms with Crippen LogP contribution in [0.25, 0.3) is 0 Å². The van der Waals surface area contributed by atoms with E-state index in [1.807, 2.05) is 0 Å². The van der Waals surface area contributed by atoms with Gasteiger partial charge in [-0.3, -0.25) is 10.00 Å². The highest BCUT2D eigenvalue weighted by atomic mass is 15.2. The van der Waals surface area contributed by atoms with Gasteiger partial charge in [-0.05, 0) is 31.5 Å². The predicted octanol–water partition coefficient (Wildman–Crippen LogP) is 2.33. The number of aromatic nitrogens is 3. The molecular weight excluding hydrogens is 274 g/mol. The van der Waals surface area contributed by atoms with Gasteiger partial charge in [-0.1, -0.05) is 25.1 Å². The molecule has 2 aromatic rings. The lowest BCUT2D eigenvalue weighted by Crippen LogP contribution is -2.28. The highest BCUT2D eigenvalue weighted by molar-refractivity contribution is 5.46. The summed E-state index contributed by atoms with van der Waals surface area (Å²) < 4.78 is 0. The molecule has 1 saturated heterocycles. The summed E-state index contributed by atoms with van der Waals surface area (Å²) in [5.74, 6) is 2.59. The molecule has 1 aliphatic heterocycles. The fourth-order valence-corrected chi connectivity index (χ4v) is 3.18. The van der Waals surface area contributed by atoms with E-state index in [-0.39, 0.29) is 0 Å². The Morgan fingerprint density at radius 2 is 2.14 bits per heavy atom. The molecule has 1 fully saturated rings. The maximum absolute atomic E-state index is 4.49. The van der Waals surface area contributed by atoms with Crippen LogP contribution in [0.2, 0.25) is 0 Å². The van der Waals surface area contributed by atoms with Crippen molar-refractivity contribution in [2.24, 2.45) is 5.92 Å². The molecule has 1 atom stereocenters. The van der Waals surface area contributed by atoms with Gasteiger partial charge in [0.25, 0.3) is 0 Å². The molecule has 1 unspecified atom stereocenters. The molecular formula is C17H25N5. The summed E-state index contributed by atoms with van der Waals surface area (Å²) in [5.41, 5.74) is 1.34. The first kappa shape index (κ1) is 15.0. The van der Waals surface area contributed by atoms with E-state index >= 15 is 0 Å². The third kappa shape index (κ3) is 3.65. The number of H-pyrrole nitrogens is 1. The summed E-state index contributed by atoms with van der Waals surface area (Å²) in [6.45, 7) is 6.32. The number of hydrogen-bond donors (Lipinski definition) is 1. The minimum atomic E-state index is 0.721. The molecule has 0 bridgehead atoms. The van der Waals surface area contributed by atoms with Gasteiger partial charge in [0, 0.05) is 31.7 Å². The third-order valence-electron chi connectivity index (χ3n) is 4.29. The lowest BCUT2D eigenvalue weighted by molar-refractivity contribution is 0.273. The van der Waals surface area contributed by atoms with E-state index in [4.69, 9.17) is 0 Å². The largest absolute Gasteiger partial charge is 0.371 e. The fraction of sp³-hybridized carbons (Fsp3) is 0.529. The highest BCUT2D eigenvalue weighted by Gasteiger charge is 2.23. The molecule has 0 saturated carbocycles. The topological polar surface area (TPSA) is 48.1 Å². The third-order valence-corrected chi connectivity index (χ3v) is 4.29. The Bertz CT molecular complexity index is 580. The second-order valence-electron chi connectivity index (χ2n) is 6.18. The molecule has 3 rings (SSSR count). The zero-order valence-corrected chi connectivity index (χ0v) is 13.5. The molecule has 1 aromatic carbocycles. The summed E-state index contributed by atoms with van der Waals surface area (Å²) in [6, 6.07) is 10.7. The quantitative estimate of drug-likeness (QED) is 0.889. The van der Waals surface area contributed by atoms with Gasteiger partial charge in [0.1, 0.15) is 11.6 Å². The minimum Gasteiger partial charge on any atom is -0.371 e. The van der Waals surface area contributed by atoms with Crippen LogP contribution in [-0.4, -0.2) is 46.8 Å². The SMILES string of the molecule is CCc1n[nH]c(CN(C)CC2CCN(c3ccccc3)C2)n1. The molecule has 5 heteroatoms. The van der Waals surface area contributed by atoms with E-state index in [0.717, 1.165) is 50.2 Å². The summed E-state index contributed by atoms with van der Waals surface area (Å²) in [5, 5.41) is 7.23. The van der Waals surface area contributed by atoms with Crippen LogP contribution in [-0.2, 0) is 13.0 Å². The molecule has 2 heterocycles. The number of nitrogens with one attached hydrogen (secondary N) is 1. The Hall–Kier alpha value is -1.88.